The van der Waals surface area contributed by atoms with Crippen molar-refractivity contribution < 1.29 is 4.74 Å². The molecule has 0 saturated carbocycles. The molecular weight excluding hydrogens is 164 g/mol. The summed E-state index contributed by atoms with van der Waals surface area (Å²) in [6, 6.07) is 2.74. The Morgan fingerprint density at radius 1 is 1.62 bits per heavy atom. The van der Waals surface area contributed by atoms with Crippen LogP contribution in [0.3, 0.4) is 0 Å². The zero-order chi connectivity index (χ0) is 9.10. The van der Waals surface area contributed by atoms with Crippen LogP contribution < -0.4 is 5.32 Å². The third kappa shape index (κ3) is 2.11. The molecule has 1 aromatic heterocycles. The van der Waals surface area contributed by atoms with E-state index >= 15 is 0 Å². The van der Waals surface area contributed by atoms with Gasteiger partial charge in [0.2, 0.25) is 0 Å². The van der Waals surface area contributed by atoms with E-state index in [1.807, 2.05) is 0 Å². The van der Waals surface area contributed by atoms with E-state index in [0.717, 1.165) is 26.3 Å². The van der Waals surface area contributed by atoms with Gasteiger partial charge in [-0.15, -0.1) is 0 Å². The first-order valence-corrected chi connectivity index (χ1v) is 4.84. The average Bonchev–Trinajstić information content (AvgIpc) is 2.49. The van der Waals surface area contributed by atoms with Gasteiger partial charge >= 0.3 is 0 Å². The van der Waals surface area contributed by atoms with Crippen molar-refractivity contribution in [3.05, 3.63) is 24.0 Å². The molecule has 0 bridgehead atoms. The topological polar surface area (TPSA) is 26.2 Å². The van der Waals surface area contributed by atoms with Crippen LogP contribution in [0, 0.1) is 0 Å². The molecule has 1 fully saturated rings. The third-order valence-electron chi connectivity index (χ3n) is 2.41. The molecule has 1 aromatic rings. The van der Waals surface area contributed by atoms with Crippen LogP contribution in [0.2, 0.25) is 0 Å². The van der Waals surface area contributed by atoms with Crippen molar-refractivity contribution in [3.63, 3.8) is 0 Å². The highest BCUT2D eigenvalue weighted by atomic mass is 16.5. The Balaban J connectivity index is 1.79. The van der Waals surface area contributed by atoms with Gasteiger partial charge in [-0.05, 0) is 18.6 Å². The fraction of sp³-hybridized carbons (Fsp3) is 0.600. The fourth-order valence-corrected chi connectivity index (χ4v) is 1.41. The van der Waals surface area contributed by atoms with Crippen LogP contribution in [0.15, 0.2) is 18.5 Å². The molecule has 0 amide bonds. The molecule has 0 spiro atoms. The molecule has 72 valence electrons. The van der Waals surface area contributed by atoms with E-state index in [1.54, 1.807) is 0 Å². The van der Waals surface area contributed by atoms with E-state index in [2.05, 4.69) is 35.3 Å². The van der Waals surface area contributed by atoms with E-state index < -0.39 is 0 Å². The van der Waals surface area contributed by atoms with E-state index in [9.17, 15) is 0 Å². The minimum atomic E-state index is 0.574. The Bertz CT molecular complexity index is 266. The van der Waals surface area contributed by atoms with Gasteiger partial charge in [0.1, 0.15) is 0 Å². The van der Waals surface area contributed by atoms with Crippen molar-refractivity contribution in [2.75, 3.05) is 13.2 Å². The van der Waals surface area contributed by atoms with Gasteiger partial charge in [0, 0.05) is 25.5 Å². The average molecular weight is 180 g/mol. The summed E-state index contributed by atoms with van der Waals surface area (Å²) in [6.07, 6.45) is 4.31. The molecule has 0 unspecified atom stereocenters. The van der Waals surface area contributed by atoms with Gasteiger partial charge < -0.3 is 14.6 Å². The maximum Gasteiger partial charge on any atom is 0.0643 e. The summed E-state index contributed by atoms with van der Waals surface area (Å²) in [4.78, 5) is 0. The lowest BCUT2D eigenvalue weighted by Gasteiger charge is -2.26. The Labute approximate surface area is 78.7 Å². The first-order chi connectivity index (χ1) is 6.38. The van der Waals surface area contributed by atoms with Gasteiger partial charge in [-0.3, -0.25) is 0 Å². The number of hydrogen-bond acceptors (Lipinski definition) is 2. The van der Waals surface area contributed by atoms with Gasteiger partial charge in [0.15, 0.2) is 0 Å². The highest BCUT2D eigenvalue weighted by Gasteiger charge is 2.16. The van der Waals surface area contributed by atoms with Gasteiger partial charge in [0.05, 0.1) is 19.3 Å². The Morgan fingerprint density at radius 2 is 2.46 bits per heavy atom. The largest absolute Gasteiger partial charge is 0.378 e. The number of nitrogens with zero attached hydrogens (tertiary/aromatic N) is 1. The minimum Gasteiger partial charge on any atom is -0.378 e. The summed E-state index contributed by atoms with van der Waals surface area (Å²) in [5.74, 6) is 0. The normalized spacial score (nSPS) is 17.3. The summed E-state index contributed by atoms with van der Waals surface area (Å²) in [5.41, 5.74) is 1.36. The minimum absolute atomic E-state index is 0.574. The third-order valence-corrected chi connectivity index (χ3v) is 2.41. The second-order valence-electron chi connectivity index (χ2n) is 3.47. The first-order valence-electron chi connectivity index (χ1n) is 4.84. The summed E-state index contributed by atoms with van der Waals surface area (Å²) in [5, 5.41) is 3.43. The van der Waals surface area contributed by atoms with E-state index in [0.29, 0.717) is 6.04 Å². The van der Waals surface area contributed by atoms with Crippen molar-refractivity contribution >= 4 is 0 Å². The van der Waals surface area contributed by atoms with Crippen molar-refractivity contribution in [1.29, 1.82) is 0 Å². The number of ether oxygens (including phenoxy) is 1. The molecule has 0 atom stereocenters. The van der Waals surface area contributed by atoms with Crippen LogP contribution in [0.5, 0.6) is 0 Å². The van der Waals surface area contributed by atoms with Crippen molar-refractivity contribution in [1.82, 2.24) is 9.88 Å². The van der Waals surface area contributed by atoms with Crippen LogP contribution >= 0.6 is 0 Å². The molecule has 1 N–H and O–H groups in total. The number of aryl methyl sites for hydroxylation is 1. The quantitative estimate of drug-likeness (QED) is 0.748. The smallest absolute Gasteiger partial charge is 0.0643 e. The van der Waals surface area contributed by atoms with Crippen molar-refractivity contribution in [2.24, 2.45) is 0 Å². The molecule has 3 heteroatoms. The van der Waals surface area contributed by atoms with Crippen LogP contribution in [0.4, 0.5) is 0 Å². The Morgan fingerprint density at radius 3 is 3.00 bits per heavy atom. The lowest BCUT2D eigenvalue weighted by Crippen LogP contribution is -2.45. The molecule has 0 radical (unpaired) electrons. The summed E-state index contributed by atoms with van der Waals surface area (Å²) >= 11 is 0. The molecule has 1 aliphatic heterocycles. The number of nitrogens with one attached hydrogen (secondary N) is 1. The van der Waals surface area contributed by atoms with E-state index in [4.69, 9.17) is 4.74 Å². The van der Waals surface area contributed by atoms with Crippen LogP contribution in [0.25, 0.3) is 0 Å². The highest BCUT2D eigenvalue weighted by Crippen LogP contribution is 2.04. The maximum absolute atomic E-state index is 5.08. The highest BCUT2D eigenvalue weighted by molar-refractivity contribution is 5.10. The number of hydrogen-bond donors (Lipinski definition) is 1. The second kappa shape index (κ2) is 3.94. The fourth-order valence-electron chi connectivity index (χ4n) is 1.41. The molecule has 1 saturated heterocycles. The van der Waals surface area contributed by atoms with Crippen molar-refractivity contribution in [2.45, 2.75) is 26.1 Å². The monoisotopic (exact) mass is 180 g/mol. The van der Waals surface area contributed by atoms with Crippen LogP contribution in [-0.4, -0.2) is 23.8 Å². The van der Waals surface area contributed by atoms with Gasteiger partial charge in [-0.25, -0.2) is 0 Å². The molecule has 3 nitrogen and oxygen atoms in total. The van der Waals surface area contributed by atoms with Crippen LogP contribution in [-0.2, 0) is 17.8 Å². The van der Waals surface area contributed by atoms with Gasteiger partial charge in [-0.2, -0.15) is 0 Å². The van der Waals surface area contributed by atoms with Crippen molar-refractivity contribution in [3.8, 4) is 0 Å². The van der Waals surface area contributed by atoms with E-state index in [1.165, 1.54) is 5.56 Å². The van der Waals surface area contributed by atoms with Crippen LogP contribution in [0.1, 0.15) is 12.5 Å². The predicted molar refractivity (Wildman–Crippen MR) is 51.6 cm³/mol. The summed E-state index contributed by atoms with van der Waals surface area (Å²) in [7, 11) is 0. The summed E-state index contributed by atoms with van der Waals surface area (Å²) in [6.45, 7) is 5.90. The predicted octanol–water partition coefficient (Wildman–Crippen LogP) is 0.996. The number of aromatic nitrogens is 1. The zero-order valence-corrected chi connectivity index (χ0v) is 7.99. The van der Waals surface area contributed by atoms with Gasteiger partial charge in [0.25, 0.3) is 0 Å². The Kier molecular flexibility index (Phi) is 2.66. The lowest BCUT2D eigenvalue weighted by atomic mass is 10.2. The first kappa shape index (κ1) is 8.78. The molecule has 2 heterocycles. The molecule has 13 heavy (non-hydrogen) atoms. The second-order valence-corrected chi connectivity index (χ2v) is 3.47. The molecule has 2 rings (SSSR count). The molecule has 0 aliphatic carbocycles. The van der Waals surface area contributed by atoms with E-state index in [-0.39, 0.29) is 0 Å². The molecular formula is C10H16N2O. The van der Waals surface area contributed by atoms with Gasteiger partial charge in [-0.1, -0.05) is 0 Å². The molecule has 0 aromatic carbocycles. The SMILES string of the molecule is CCn1ccc(CNC2COC2)c1. The summed E-state index contributed by atoms with van der Waals surface area (Å²) < 4.78 is 7.27. The zero-order valence-electron chi connectivity index (χ0n) is 7.99. The maximum atomic E-state index is 5.08. The number of rotatable bonds is 4. The standard InChI is InChI=1S/C10H16N2O/c1-2-12-4-3-9(6-12)5-11-10-7-13-8-10/h3-4,6,10-11H,2,5,7-8H2,1H3. The lowest BCUT2D eigenvalue weighted by molar-refractivity contribution is -0.00578. The molecule has 1 aliphatic rings. The Hall–Kier alpha value is -0.800.